The number of carbonyl (C=O) groups excluding carboxylic acids is 1. The number of rotatable bonds is 8. The first kappa shape index (κ1) is 19.3. The third-order valence-electron chi connectivity index (χ3n) is 4.07. The molecule has 0 spiro atoms. The van der Waals surface area contributed by atoms with E-state index in [1.54, 1.807) is 30.6 Å². The van der Waals surface area contributed by atoms with Gasteiger partial charge in [0.05, 0.1) is 12.3 Å². The van der Waals surface area contributed by atoms with Crippen LogP contribution in [0, 0.1) is 0 Å². The number of aromatic nitrogens is 3. The van der Waals surface area contributed by atoms with Gasteiger partial charge in [0.15, 0.2) is 0 Å². The van der Waals surface area contributed by atoms with Crippen LogP contribution in [-0.4, -0.2) is 27.3 Å². The van der Waals surface area contributed by atoms with Crippen molar-refractivity contribution in [3.8, 4) is 17.0 Å². The molecule has 0 atom stereocenters. The van der Waals surface area contributed by atoms with Gasteiger partial charge in [-0.25, -0.2) is 4.68 Å². The summed E-state index contributed by atoms with van der Waals surface area (Å²) in [6, 6.07) is 14.1. The maximum absolute atomic E-state index is 12.1. The second-order valence-electron chi connectivity index (χ2n) is 6.12. The van der Waals surface area contributed by atoms with Crippen LogP contribution in [0.25, 0.3) is 11.3 Å². The van der Waals surface area contributed by atoms with E-state index in [-0.39, 0.29) is 11.5 Å². The Bertz CT molecular complexity index is 969. The minimum atomic E-state index is -0.190. The fourth-order valence-electron chi connectivity index (χ4n) is 2.70. The van der Waals surface area contributed by atoms with Gasteiger partial charge in [-0.1, -0.05) is 0 Å². The topological polar surface area (TPSA) is 86.1 Å². The van der Waals surface area contributed by atoms with Crippen molar-refractivity contribution in [3.05, 3.63) is 71.3 Å². The van der Waals surface area contributed by atoms with Crippen LogP contribution in [0.2, 0.25) is 0 Å². The first-order valence-electron chi connectivity index (χ1n) is 9.17. The normalized spacial score (nSPS) is 10.5. The van der Waals surface area contributed by atoms with Gasteiger partial charge in [-0.3, -0.25) is 14.6 Å². The molecule has 0 radical (unpaired) electrons. The van der Waals surface area contributed by atoms with Crippen molar-refractivity contribution in [2.24, 2.45) is 0 Å². The van der Waals surface area contributed by atoms with E-state index in [0.29, 0.717) is 37.4 Å². The second kappa shape index (κ2) is 9.45. The van der Waals surface area contributed by atoms with Crippen molar-refractivity contribution in [2.45, 2.75) is 26.3 Å². The minimum Gasteiger partial charge on any atom is -0.494 e. The second-order valence-corrected chi connectivity index (χ2v) is 6.12. The molecule has 0 bridgehead atoms. The van der Waals surface area contributed by atoms with Crippen LogP contribution in [-0.2, 0) is 11.3 Å². The van der Waals surface area contributed by atoms with Gasteiger partial charge in [0.2, 0.25) is 5.91 Å². The number of pyridine rings is 1. The predicted octanol–water partition coefficient (Wildman–Crippen LogP) is 3.12. The summed E-state index contributed by atoms with van der Waals surface area (Å²) in [6.45, 7) is 2.89. The lowest BCUT2D eigenvalue weighted by Crippen LogP contribution is -2.23. The first-order chi connectivity index (χ1) is 13.7. The summed E-state index contributed by atoms with van der Waals surface area (Å²) in [5.41, 5.74) is 2.10. The van der Waals surface area contributed by atoms with E-state index >= 15 is 0 Å². The molecule has 0 aliphatic heterocycles. The highest BCUT2D eigenvalue weighted by atomic mass is 16.5. The first-order valence-corrected chi connectivity index (χ1v) is 9.17. The van der Waals surface area contributed by atoms with Gasteiger partial charge in [0, 0.05) is 42.7 Å². The van der Waals surface area contributed by atoms with E-state index < -0.39 is 0 Å². The Morgan fingerprint density at radius 2 is 1.82 bits per heavy atom. The predicted molar refractivity (Wildman–Crippen MR) is 107 cm³/mol. The molecule has 0 fully saturated rings. The zero-order chi connectivity index (χ0) is 19.8. The van der Waals surface area contributed by atoms with Gasteiger partial charge in [-0.05, 0) is 55.8 Å². The third-order valence-corrected chi connectivity index (χ3v) is 4.07. The smallest absolute Gasteiger partial charge is 0.266 e. The summed E-state index contributed by atoms with van der Waals surface area (Å²) >= 11 is 0. The fraction of sp³-hybridized carbons (Fsp3) is 0.238. The average Bonchev–Trinajstić information content (AvgIpc) is 2.72. The fourth-order valence-corrected chi connectivity index (χ4v) is 2.70. The van der Waals surface area contributed by atoms with E-state index in [2.05, 4.69) is 15.4 Å². The van der Waals surface area contributed by atoms with Crippen molar-refractivity contribution in [1.82, 2.24) is 14.8 Å². The molecule has 2 aromatic heterocycles. The van der Waals surface area contributed by atoms with Crippen molar-refractivity contribution in [2.75, 3.05) is 11.9 Å². The summed E-state index contributed by atoms with van der Waals surface area (Å²) in [5.74, 6) is 0.655. The van der Waals surface area contributed by atoms with Crippen molar-refractivity contribution >= 4 is 11.6 Å². The Balaban J connectivity index is 1.54. The lowest BCUT2D eigenvalue weighted by Gasteiger charge is -2.08. The molecule has 0 saturated heterocycles. The van der Waals surface area contributed by atoms with E-state index in [4.69, 9.17) is 4.74 Å². The number of ether oxygens (including phenoxy) is 1. The molecule has 1 aromatic carbocycles. The molecule has 28 heavy (non-hydrogen) atoms. The number of carbonyl (C=O) groups is 1. The molecule has 1 amide bonds. The van der Waals surface area contributed by atoms with E-state index in [0.717, 1.165) is 11.3 Å². The number of benzene rings is 1. The van der Waals surface area contributed by atoms with Crippen LogP contribution in [0.1, 0.15) is 19.8 Å². The molecule has 3 rings (SSSR count). The number of anilines is 1. The molecular formula is C21H22N4O3. The highest BCUT2D eigenvalue weighted by Gasteiger charge is 2.06. The molecule has 1 N–H and O–H groups in total. The lowest BCUT2D eigenvalue weighted by atomic mass is 10.2. The Hall–Kier alpha value is -3.48. The molecule has 0 saturated carbocycles. The van der Waals surface area contributed by atoms with Gasteiger partial charge in [0.25, 0.3) is 5.56 Å². The van der Waals surface area contributed by atoms with Crippen LogP contribution in [0.15, 0.2) is 65.7 Å². The average molecular weight is 378 g/mol. The summed E-state index contributed by atoms with van der Waals surface area (Å²) in [4.78, 5) is 28.1. The van der Waals surface area contributed by atoms with Crippen LogP contribution >= 0.6 is 0 Å². The minimum absolute atomic E-state index is 0.109. The molecule has 7 heteroatoms. The molecule has 7 nitrogen and oxygen atoms in total. The quantitative estimate of drug-likeness (QED) is 0.651. The zero-order valence-electron chi connectivity index (χ0n) is 15.7. The Labute approximate surface area is 163 Å². The van der Waals surface area contributed by atoms with E-state index in [1.165, 1.54) is 10.7 Å². The Morgan fingerprint density at radius 1 is 1.07 bits per heavy atom. The van der Waals surface area contributed by atoms with Crippen LogP contribution in [0.5, 0.6) is 5.75 Å². The monoisotopic (exact) mass is 378 g/mol. The van der Waals surface area contributed by atoms with Gasteiger partial charge in [0.1, 0.15) is 5.75 Å². The third kappa shape index (κ3) is 5.26. The molecule has 144 valence electrons. The summed E-state index contributed by atoms with van der Waals surface area (Å²) in [5, 5.41) is 7.22. The SMILES string of the molecule is CCOc1ccc(NC(=O)CCCn2nc(-c3ccncc3)ccc2=O)cc1. The standard InChI is InChI=1S/C21H22N4O3/c1-2-28-18-7-5-17(6-8-18)23-20(26)4-3-15-25-21(27)10-9-19(24-25)16-11-13-22-14-12-16/h5-14H,2-4,15H2,1H3,(H,23,26). The van der Waals surface area contributed by atoms with Gasteiger partial charge < -0.3 is 10.1 Å². The van der Waals surface area contributed by atoms with Crippen LogP contribution < -0.4 is 15.6 Å². The number of nitrogens with zero attached hydrogens (tertiary/aromatic N) is 3. The molecular weight excluding hydrogens is 356 g/mol. The Morgan fingerprint density at radius 3 is 2.54 bits per heavy atom. The van der Waals surface area contributed by atoms with Crippen molar-refractivity contribution in [3.63, 3.8) is 0 Å². The Kier molecular flexibility index (Phi) is 6.51. The van der Waals surface area contributed by atoms with Crippen LogP contribution in [0.3, 0.4) is 0 Å². The number of hydrogen-bond acceptors (Lipinski definition) is 5. The maximum atomic E-state index is 12.1. The van der Waals surface area contributed by atoms with Gasteiger partial charge in [-0.15, -0.1) is 0 Å². The summed E-state index contributed by atoms with van der Waals surface area (Å²) < 4.78 is 6.77. The summed E-state index contributed by atoms with van der Waals surface area (Å²) in [6.07, 6.45) is 4.16. The van der Waals surface area contributed by atoms with Crippen molar-refractivity contribution < 1.29 is 9.53 Å². The lowest BCUT2D eigenvalue weighted by molar-refractivity contribution is -0.116. The molecule has 0 aliphatic carbocycles. The molecule has 2 heterocycles. The summed E-state index contributed by atoms with van der Waals surface area (Å²) in [7, 11) is 0. The number of hydrogen-bond donors (Lipinski definition) is 1. The highest BCUT2D eigenvalue weighted by molar-refractivity contribution is 5.90. The number of amides is 1. The van der Waals surface area contributed by atoms with E-state index in [9.17, 15) is 9.59 Å². The highest BCUT2D eigenvalue weighted by Crippen LogP contribution is 2.16. The zero-order valence-corrected chi connectivity index (χ0v) is 15.7. The van der Waals surface area contributed by atoms with Gasteiger partial charge >= 0.3 is 0 Å². The van der Waals surface area contributed by atoms with Gasteiger partial charge in [-0.2, -0.15) is 5.10 Å². The largest absolute Gasteiger partial charge is 0.494 e. The molecule has 0 aliphatic rings. The van der Waals surface area contributed by atoms with Crippen LogP contribution in [0.4, 0.5) is 5.69 Å². The van der Waals surface area contributed by atoms with Crippen molar-refractivity contribution in [1.29, 1.82) is 0 Å². The molecule has 3 aromatic rings. The number of nitrogens with one attached hydrogen (secondary N) is 1. The van der Waals surface area contributed by atoms with E-state index in [1.807, 2.05) is 31.2 Å². The number of aryl methyl sites for hydroxylation is 1. The maximum Gasteiger partial charge on any atom is 0.266 e. The molecule has 0 unspecified atom stereocenters.